The van der Waals surface area contributed by atoms with Gasteiger partial charge in [-0.25, -0.2) is 4.98 Å². The van der Waals surface area contributed by atoms with Gasteiger partial charge in [-0.2, -0.15) is 13.2 Å². The van der Waals surface area contributed by atoms with Crippen LogP contribution in [0.5, 0.6) is 0 Å². The lowest BCUT2D eigenvalue weighted by molar-refractivity contribution is -0.137. The van der Waals surface area contributed by atoms with E-state index in [2.05, 4.69) is 4.98 Å². The molecule has 0 fully saturated rings. The van der Waals surface area contributed by atoms with Crippen LogP contribution in [-0.4, -0.2) is 29.9 Å². The molecule has 2 aromatic rings. The second-order valence-corrected chi connectivity index (χ2v) is 7.25. The Morgan fingerprint density at radius 2 is 1.96 bits per heavy atom. The largest absolute Gasteiger partial charge is 0.416 e. The number of aromatic nitrogens is 1. The summed E-state index contributed by atoms with van der Waals surface area (Å²) in [5, 5.41) is 0. The van der Waals surface area contributed by atoms with Crippen molar-refractivity contribution in [3.8, 4) is 0 Å². The fourth-order valence-electron chi connectivity index (χ4n) is 2.13. The van der Waals surface area contributed by atoms with Crippen molar-refractivity contribution < 1.29 is 18.0 Å². The Morgan fingerprint density at radius 3 is 2.48 bits per heavy atom. The number of alkyl halides is 3. The SMILES string of the molecule is CCSc1cc(C(F)(F)F)ccc1C(=O)N(C)c1ccc(SC)cn1. The van der Waals surface area contributed by atoms with Crippen LogP contribution in [0.3, 0.4) is 0 Å². The number of carbonyl (C=O) groups excluding carboxylic acids is 1. The summed E-state index contributed by atoms with van der Waals surface area (Å²) in [5.41, 5.74) is -0.525. The van der Waals surface area contributed by atoms with Gasteiger partial charge in [0.25, 0.3) is 5.91 Å². The van der Waals surface area contributed by atoms with E-state index in [9.17, 15) is 18.0 Å². The maximum atomic E-state index is 12.9. The Labute approximate surface area is 153 Å². The number of nitrogens with zero attached hydrogens (tertiary/aromatic N) is 2. The molecule has 2 rings (SSSR count). The lowest BCUT2D eigenvalue weighted by Crippen LogP contribution is -2.27. The summed E-state index contributed by atoms with van der Waals surface area (Å²) in [6.07, 6.45) is -0.869. The molecule has 1 aromatic carbocycles. The van der Waals surface area contributed by atoms with Gasteiger partial charge >= 0.3 is 6.18 Å². The molecule has 0 unspecified atom stereocenters. The van der Waals surface area contributed by atoms with Crippen molar-refractivity contribution in [3.63, 3.8) is 0 Å². The summed E-state index contributed by atoms with van der Waals surface area (Å²) in [6, 6.07) is 6.74. The Kier molecular flexibility index (Phi) is 6.40. The van der Waals surface area contributed by atoms with Gasteiger partial charge in [0.2, 0.25) is 0 Å². The van der Waals surface area contributed by atoms with Crippen molar-refractivity contribution in [3.05, 3.63) is 47.7 Å². The third kappa shape index (κ3) is 4.70. The number of thioether (sulfide) groups is 2. The smallest absolute Gasteiger partial charge is 0.296 e. The van der Waals surface area contributed by atoms with E-state index in [4.69, 9.17) is 0 Å². The summed E-state index contributed by atoms with van der Waals surface area (Å²) < 4.78 is 38.8. The molecule has 0 aliphatic carbocycles. The number of hydrogen-bond donors (Lipinski definition) is 0. The highest BCUT2D eigenvalue weighted by atomic mass is 32.2. The molecular formula is C17H17F3N2OS2. The number of pyridine rings is 1. The van der Waals surface area contributed by atoms with Crippen LogP contribution < -0.4 is 4.90 Å². The van der Waals surface area contributed by atoms with Gasteiger partial charge in [0.05, 0.1) is 11.1 Å². The minimum atomic E-state index is -4.44. The normalized spacial score (nSPS) is 11.4. The minimum absolute atomic E-state index is 0.234. The van der Waals surface area contributed by atoms with Crippen LogP contribution >= 0.6 is 23.5 Å². The monoisotopic (exact) mass is 386 g/mol. The first-order valence-corrected chi connectivity index (χ1v) is 9.61. The summed E-state index contributed by atoms with van der Waals surface area (Å²) in [4.78, 5) is 19.6. The van der Waals surface area contributed by atoms with Crippen molar-refractivity contribution in [2.45, 2.75) is 22.9 Å². The maximum Gasteiger partial charge on any atom is 0.416 e. The number of carbonyl (C=O) groups is 1. The molecule has 0 radical (unpaired) electrons. The highest BCUT2D eigenvalue weighted by Gasteiger charge is 2.32. The van der Waals surface area contributed by atoms with E-state index >= 15 is 0 Å². The van der Waals surface area contributed by atoms with E-state index in [1.165, 1.54) is 34.5 Å². The fourth-order valence-corrected chi connectivity index (χ4v) is 3.32. The van der Waals surface area contributed by atoms with Crippen LogP contribution in [0.1, 0.15) is 22.8 Å². The molecule has 3 nitrogen and oxygen atoms in total. The van der Waals surface area contributed by atoms with Crippen LogP contribution in [0.25, 0.3) is 0 Å². The highest BCUT2D eigenvalue weighted by molar-refractivity contribution is 7.99. The zero-order chi connectivity index (χ0) is 18.6. The Hall–Kier alpha value is -1.67. The van der Waals surface area contributed by atoms with E-state index in [1.807, 2.05) is 19.2 Å². The molecule has 1 amide bonds. The summed E-state index contributed by atoms with van der Waals surface area (Å²) in [6.45, 7) is 1.82. The number of benzene rings is 1. The van der Waals surface area contributed by atoms with E-state index in [0.29, 0.717) is 16.5 Å². The first-order chi connectivity index (χ1) is 11.8. The molecule has 1 heterocycles. The first kappa shape index (κ1) is 19.7. The molecule has 134 valence electrons. The zero-order valence-corrected chi connectivity index (χ0v) is 15.6. The van der Waals surface area contributed by atoms with Gasteiger partial charge in [-0.1, -0.05) is 6.92 Å². The number of rotatable bonds is 5. The van der Waals surface area contributed by atoms with Crippen LogP contribution in [0.4, 0.5) is 19.0 Å². The Balaban J connectivity index is 2.36. The lowest BCUT2D eigenvalue weighted by atomic mass is 10.1. The van der Waals surface area contributed by atoms with E-state index in [-0.39, 0.29) is 5.56 Å². The molecule has 0 atom stereocenters. The third-order valence-corrected chi connectivity index (χ3v) is 5.09. The topological polar surface area (TPSA) is 33.2 Å². The van der Waals surface area contributed by atoms with Crippen molar-refractivity contribution in [1.29, 1.82) is 0 Å². The van der Waals surface area contributed by atoms with Gasteiger partial charge in [0.15, 0.2) is 0 Å². The molecule has 0 aliphatic heterocycles. The number of anilines is 1. The summed E-state index contributed by atoms with van der Waals surface area (Å²) in [5.74, 6) is 0.607. The fraction of sp³-hybridized carbons (Fsp3) is 0.294. The molecule has 0 spiro atoms. The zero-order valence-electron chi connectivity index (χ0n) is 13.9. The van der Waals surface area contributed by atoms with E-state index in [1.54, 1.807) is 19.3 Å². The molecule has 8 heteroatoms. The molecular weight excluding hydrogens is 369 g/mol. The Bertz CT molecular complexity index is 749. The van der Waals surface area contributed by atoms with Crippen molar-refractivity contribution >= 4 is 35.2 Å². The first-order valence-electron chi connectivity index (χ1n) is 7.40. The molecule has 0 saturated heterocycles. The quantitative estimate of drug-likeness (QED) is 0.661. The molecule has 0 saturated carbocycles. The molecule has 0 aliphatic rings. The van der Waals surface area contributed by atoms with Gasteiger partial charge in [0, 0.05) is 23.0 Å². The maximum absolute atomic E-state index is 12.9. The standard InChI is InChI=1S/C17H17F3N2OS2/c1-4-25-14-9-11(17(18,19)20)5-7-13(14)16(23)22(2)15-8-6-12(24-3)10-21-15/h5-10H,4H2,1-3H3. The Morgan fingerprint density at radius 1 is 1.24 bits per heavy atom. The summed E-state index contributed by atoms with van der Waals surface area (Å²) >= 11 is 2.74. The van der Waals surface area contributed by atoms with E-state index in [0.717, 1.165) is 17.0 Å². The van der Waals surface area contributed by atoms with Crippen LogP contribution in [0.2, 0.25) is 0 Å². The van der Waals surface area contributed by atoms with Gasteiger partial charge in [0.1, 0.15) is 5.82 Å². The second-order valence-electron chi connectivity index (χ2n) is 5.06. The molecule has 0 N–H and O–H groups in total. The van der Waals surface area contributed by atoms with Gasteiger partial charge in [-0.05, 0) is 42.3 Å². The highest BCUT2D eigenvalue weighted by Crippen LogP contribution is 2.34. The molecule has 0 bridgehead atoms. The number of halogens is 3. The lowest BCUT2D eigenvalue weighted by Gasteiger charge is -2.19. The van der Waals surface area contributed by atoms with Crippen LogP contribution in [-0.2, 0) is 6.18 Å². The van der Waals surface area contributed by atoms with Gasteiger partial charge in [-0.3, -0.25) is 9.69 Å². The predicted octanol–water partition coefficient (Wildman–Crippen LogP) is 5.21. The van der Waals surface area contributed by atoms with Gasteiger partial charge < -0.3 is 0 Å². The summed E-state index contributed by atoms with van der Waals surface area (Å²) in [7, 11) is 1.56. The molecule has 1 aromatic heterocycles. The van der Waals surface area contributed by atoms with Crippen molar-refractivity contribution in [1.82, 2.24) is 4.98 Å². The second kappa shape index (κ2) is 8.14. The number of hydrogen-bond acceptors (Lipinski definition) is 4. The average Bonchev–Trinajstić information content (AvgIpc) is 2.60. The number of amides is 1. The third-order valence-electron chi connectivity index (χ3n) is 3.44. The van der Waals surface area contributed by atoms with Crippen molar-refractivity contribution in [2.24, 2.45) is 0 Å². The van der Waals surface area contributed by atoms with Crippen LogP contribution in [0, 0.1) is 0 Å². The predicted molar refractivity (Wildman–Crippen MR) is 96.6 cm³/mol. The van der Waals surface area contributed by atoms with Gasteiger partial charge in [-0.15, -0.1) is 23.5 Å². The average molecular weight is 386 g/mol. The minimum Gasteiger partial charge on any atom is -0.296 e. The molecule has 25 heavy (non-hydrogen) atoms. The van der Waals surface area contributed by atoms with Crippen LogP contribution in [0.15, 0.2) is 46.3 Å². The van der Waals surface area contributed by atoms with E-state index < -0.39 is 17.6 Å². The van der Waals surface area contributed by atoms with Crippen molar-refractivity contribution in [2.75, 3.05) is 24.0 Å².